The van der Waals surface area contributed by atoms with Crippen LogP contribution in [0.2, 0.25) is 0 Å². The maximum Gasteiger partial charge on any atom is 0.223 e. The molecule has 0 atom stereocenters. The van der Waals surface area contributed by atoms with Gasteiger partial charge in [-0.05, 0) is 43.5 Å². The Morgan fingerprint density at radius 1 is 1.43 bits per heavy atom. The number of halogens is 1. The zero-order chi connectivity index (χ0) is 15.2. The van der Waals surface area contributed by atoms with E-state index in [4.69, 9.17) is 0 Å². The maximum atomic E-state index is 13.2. The number of benzene rings is 1. The molecule has 4 heteroatoms. The van der Waals surface area contributed by atoms with Crippen molar-refractivity contribution in [2.24, 2.45) is 0 Å². The molecule has 1 saturated carbocycles. The molecule has 0 unspecified atom stereocenters. The highest BCUT2D eigenvalue weighted by atomic mass is 19.1. The number of hydrogen-bond donors (Lipinski definition) is 1. The van der Waals surface area contributed by atoms with Gasteiger partial charge < -0.3 is 10.2 Å². The van der Waals surface area contributed by atoms with E-state index in [2.05, 4.69) is 19.2 Å². The van der Waals surface area contributed by atoms with Crippen molar-refractivity contribution in [1.29, 1.82) is 0 Å². The lowest BCUT2D eigenvalue weighted by Crippen LogP contribution is -2.33. The van der Waals surface area contributed by atoms with E-state index in [1.165, 1.54) is 12.1 Å². The standard InChI is InChI=1S/C17H25FN2O/c1-13(2)19-10-4-7-17(21)20(16-8-9-16)12-14-5-3-6-15(18)11-14/h3,5-6,11,13,16,19H,4,7-10,12H2,1-2H3. The van der Waals surface area contributed by atoms with Gasteiger partial charge in [0, 0.05) is 25.0 Å². The van der Waals surface area contributed by atoms with Crippen molar-refractivity contribution < 1.29 is 9.18 Å². The monoisotopic (exact) mass is 292 g/mol. The van der Waals surface area contributed by atoms with Crippen molar-refractivity contribution >= 4 is 5.91 Å². The van der Waals surface area contributed by atoms with Crippen LogP contribution in [0.5, 0.6) is 0 Å². The molecular weight excluding hydrogens is 267 g/mol. The molecule has 21 heavy (non-hydrogen) atoms. The molecule has 1 amide bonds. The van der Waals surface area contributed by atoms with Crippen molar-refractivity contribution in [1.82, 2.24) is 10.2 Å². The molecule has 0 saturated heterocycles. The second kappa shape index (κ2) is 7.55. The average molecular weight is 292 g/mol. The molecule has 3 nitrogen and oxygen atoms in total. The average Bonchev–Trinajstić information content (AvgIpc) is 3.25. The first-order valence-electron chi connectivity index (χ1n) is 7.83. The van der Waals surface area contributed by atoms with Gasteiger partial charge in [-0.3, -0.25) is 4.79 Å². The third kappa shape index (κ3) is 5.46. The molecule has 1 fully saturated rings. The van der Waals surface area contributed by atoms with Gasteiger partial charge in [0.2, 0.25) is 5.91 Å². The lowest BCUT2D eigenvalue weighted by Gasteiger charge is -2.23. The van der Waals surface area contributed by atoms with Gasteiger partial charge in [-0.1, -0.05) is 26.0 Å². The van der Waals surface area contributed by atoms with Crippen molar-refractivity contribution in [2.45, 2.75) is 58.2 Å². The molecule has 1 N–H and O–H groups in total. The SMILES string of the molecule is CC(C)NCCCC(=O)N(Cc1cccc(F)c1)C1CC1. The molecule has 1 aliphatic carbocycles. The molecule has 1 aromatic rings. The summed E-state index contributed by atoms with van der Waals surface area (Å²) in [7, 11) is 0. The van der Waals surface area contributed by atoms with E-state index in [0.717, 1.165) is 31.4 Å². The third-order valence-electron chi connectivity index (χ3n) is 3.67. The Morgan fingerprint density at radius 3 is 2.81 bits per heavy atom. The smallest absolute Gasteiger partial charge is 0.223 e. The highest BCUT2D eigenvalue weighted by Gasteiger charge is 2.32. The largest absolute Gasteiger partial charge is 0.335 e. The topological polar surface area (TPSA) is 32.3 Å². The first kappa shape index (κ1) is 16.0. The minimum atomic E-state index is -0.239. The molecule has 0 radical (unpaired) electrons. The van der Waals surface area contributed by atoms with Gasteiger partial charge in [-0.15, -0.1) is 0 Å². The van der Waals surface area contributed by atoms with E-state index in [1.54, 1.807) is 6.07 Å². The van der Waals surface area contributed by atoms with Gasteiger partial charge in [0.1, 0.15) is 5.82 Å². The highest BCUT2D eigenvalue weighted by Crippen LogP contribution is 2.29. The van der Waals surface area contributed by atoms with E-state index < -0.39 is 0 Å². The van der Waals surface area contributed by atoms with E-state index in [9.17, 15) is 9.18 Å². The molecule has 116 valence electrons. The molecule has 0 aliphatic heterocycles. The van der Waals surface area contributed by atoms with Gasteiger partial charge in [-0.25, -0.2) is 4.39 Å². The van der Waals surface area contributed by atoms with Crippen LogP contribution in [-0.2, 0) is 11.3 Å². The number of hydrogen-bond acceptors (Lipinski definition) is 2. The van der Waals surface area contributed by atoms with Crippen LogP contribution in [0.3, 0.4) is 0 Å². The van der Waals surface area contributed by atoms with E-state index in [1.807, 2.05) is 11.0 Å². The number of rotatable bonds is 8. The van der Waals surface area contributed by atoms with Crippen LogP contribution in [0.25, 0.3) is 0 Å². The summed E-state index contributed by atoms with van der Waals surface area (Å²) in [5, 5.41) is 3.32. The third-order valence-corrected chi connectivity index (χ3v) is 3.67. The van der Waals surface area contributed by atoms with Crippen LogP contribution < -0.4 is 5.32 Å². The summed E-state index contributed by atoms with van der Waals surface area (Å²) in [5.74, 6) is -0.0517. The Kier molecular flexibility index (Phi) is 5.74. The Hall–Kier alpha value is -1.42. The Morgan fingerprint density at radius 2 is 2.19 bits per heavy atom. The van der Waals surface area contributed by atoms with Gasteiger partial charge in [0.15, 0.2) is 0 Å². The van der Waals surface area contributed by atoms with E-state index in [0.29, 0.717) is 25.0 Å². The minimum absolute atomic E-state index is 0.187. The Bertz CT molecular complexity index is 472. The predicted octanol–water partition coefficient (Wildman–Crippen LogP) is 3.09. The first-order chi connectivity index (χ1) is 10.1. The highest BCUT2D eigenvalue weighted by molar-refractivity contribution is 5.76. The molecule has 0 heterocycles. The molecule has 0 bridgehead atoms. The summed E-state index contributed by atoms with van der Waals surface area (Å²) in [6, 6.07) is 7.34. The summed E-state index contributed by atoms with van der Waals surface area (Å²) in [5.41, 5.74) is 0.871. The van der Waals surface area contributed by atoms with Crippen molar-refractivity contribution in [3.8, 4) is 0 Å². The summed E-state index contributed by atoms with van der Waals surface area (Å²) < 4.78 is 13.2. The van der Waals surface area contributed by atoms with Crippen LogP contribution in [0.15, 0.2) is 24.3 Å². The van der Waals surface area contributed by atoms with Crippen molar-refractivity contribution in [2.75, 3.05) is 6.54 Å². The molecule has 1 aromatic carbocycles. The fourth-order valence-electron chi connectivity index (χ4n) is 2.41. The van der Waals surface area contributed by atoms with E-state index >= 15 is 0 Å². The molecule has 2 rings (SSSR count). The fraction of sp³-hybridized carbons (Fsp3) is 0.588. The predicted molar refractivity (Wildman–Crippen MR) is 82.3 cm³/mol. The second-order valence-corrected chi connectivity index (χ2v) is 6.10. The van der Waals surface area contributed by atoms with Crippen molar-refractivity contribution in [3.05, 3.63) is 35.6 Å². The molecular formula is C17H25FN2O. The van der Waals surface area contributed by atoms with Crippen LogP contribution in [-0.4, -0.2) is 29.4 Å². The lowest BCUT2D eigenvalue weighted by atomic mass is 10.2. The lowest BCUT2D eigenvalue weighted by molar-refractivity contribution is -0.132. The molecule has 1 aliphatic rings. The van der Waals surface area contributed by atoms with Crippen LogP contribution in [0, 0.1) is 5.82 Å². The summed E-state index contributed by atoms with van der Waals surface area (Å²) in [6.45, 7) is 5.59. The minimum Gasteiger partial charge on any atom is -0.335 e. The van der Waals surface area contributed by atoms with Gasteiger partial charge in [0.05, 0.1) is 0 Å². The second-order valence-electron chi connectivity index (χ2n) is 6.10. The quantitative estimate of drug-likeness (QED) is 0.747. The molecule has 0 aromatic heterocycles. The van der Waals surface area contributed by atoms with Gasteiger partial charge >= 0.3 is 0 Å². The maximum absolute atomic E-state index is 13.2. The molecule has 0 spiro atoms. The van der Waals surface area contributed by atoms with Crippen LogP contribution in [0.1, 0.15) is 45.1 Å². The Labute approximate surface area is 126 Å². The van der Waals surface area contributed by atoms with Gasteiger partial charge in [-0.2, -0.15) is 0 Å². The zero-order valence-corrected chi connectivity index (χ0v) is 12.9. The normalized spacial score (nSPS) is 14.5. The number of carbonyl (C=O) groups excluding carboxylic acids is 1. The summed E-state index contributed by atoms with van der Waals surface area (Å²) in [6.07, 6.45) is 3.56. The van der Waals surface area contributed by atoms with E-state index in [-0.39, 0.29) is 11.7 Å². The fourth-order valence-corrected chi connectivity index (χ4v) is 2.41. The zero-order valence-electron chi connectivity index (χ0n) is 12.9. The van der Waals surface area contributed by atoms with Crippen LogP contribution >= 0.6 is 0 Å². The number of amides is 1. The van der Waals surface area contributed by atoms with Crippen LogP contribution in [0.4, 0.5) is 4.39 Å². The number of nitrogens with zero attached hydrogens (tertiary/aromatic N) is 1. The Balaban J connectivity index is 1.85. The number of carbonyl (C=O) groups is 1. The summed E-state index contributed by atoms with van der Waals surface area (Å²) >= 11 is 0. The van der Waals surface area contributed by atoms with Crippen molar-refractivity contribution in [3.63, 3.8) is 0 Å². The number of nitrogens with one attached hydrogen (secondary N) is 1. The summed E-state index contributed by atoms with van der Waals surface area (Å²) in [4.78, 5) is 14.3. The van der Waals surface area contributed by atoms with Gasteiger partial charge in [0.25, 0.3) is 0 Å². The first-order valence-corrected chi connectivity index (χ1v) is 7.83.